The second-order valence-corrected chi connectivity index (χ2v) is 7.18. The summed E-state index contributed by atoms with van der Waals surface area (Å²) in [5, 5.41) is 15.3. The number of hydrogen-bond donors (Lipinski definition) is 2. The predicted octanol–water partition coefficient (Wildman–Crippen LogP) is 2.77. The molecule has 154 valence electrons. The highest BCUT2D eigenvalue weighted by Gasteiger charge is 2.21. The SMILES string of the molecule is CCNC(=NCc1nnc(C)n1C)NC1CCCN(c2ccc(C)cc2)C1.I. The van der Waals surface area contributed by atoms with E-state index >= 15 is 0 Å². The lowest BCUT2D eigenvalue weighted by Gasteiger charge is -2.35. The van der Waals surface area contributed by atoms with Crippen molar-refractivity contribution in [3.05, 3.63) is 41.5 Å². The Morgan fingerprint density at radius 3 is 2.61 bits per heavy atom. The van der Waals surface area contributed by atoms with Crippen LogP contribution >= 0.6 is 24.0 Å². The van der Waals surface area contributed by atoms with Crippen molar-refractivity contribution in [1.82, 2.24) is 25.4 Å². The lowest BCUT2D eigenvalue weighted by Crippen LogP contribution is -2.51. The highest BCUT2D eigenvalue weighted by molar-refractivity contribution is 14.0. The lowest BCUT2D eigenvalue weighted by molar-refractivity contribution is 0.468. The number of aryl methyl sites for hydroxylation is 2. The van der Waals surface area contributed by atoms with Gasteiger partial charge >= 0.3 is 0 Å². The average Bonchev–Trinajstić information content (AvgIpc) is 2.99. The molecule has 28 heavy (non-hydrogen) atoms. The number of nitrogens with zero attached hydrogens (tertiary/aromatic N) is 5. The van der Waals surface area contributed by atoms with Crippen LogP contribution in [0, 0.1) is 13.8 Å². The number of halogens is 1. The third kappa shape index (κ3) is 5.83. The van der Waals surface area contributed by atoms with Crippen molar-refractivity contribution in [2.45, 2.75) is 46.2 Å². The molecule has 0 aliphatic carbocycles. The number of aliphatic imine (C=N–C) groups is 1. The molecule has 2 N–H and O–H groups in total. The van der Waals surface area contributed by atoms with Gasteiger partial charge in [-0.3, -0.25) is 0 Å². The van der Waals surface area contributed by atoms with Crippen LogP contribution in [-0.4, -0.2) is 46.4 Å². The molecule has 1 saturated heterocycles. The van der Waals surface area contributed by atoms with E-state index in [0.29, 0.717) is 12.6 Å². The van der Waals surface area contributed by atoms with Crippen molar-refractivity contribution in [1.29, 1.82) is 0 Å². The van der Waals surface area contributed by atoms with Crippen LogP contribution < -0.4 is 15.5 Å². The monoisotopic (exact) mass is 497 g/mol. The van der Waals surface area contributed by atoms with Gasteiger partial charge in [-0.15, -0.1) is 34.2 Å². The summed E-state index contributed by atoms with van der Waals surface area (Å²) in [7, 11) is 1.97. The molecule has 0 spiro atoms. The van der Waals surface area contributed by atoms with Crippen LogP contribution in [0.4, 0.5) is 5.69 Å². The number of guanidine groups is 1. The molecule has 1 aromatic heterocycles. The molecule has 1 aliphatic rings. The van der Waals surface area contributed by atoms with Gasteiger partial charge in [0, 0.05) is 38.4 Å². The highest BCUT2D eigenvalue weighted by atomic mass is 127. The summed E-state index contributed by atoms with van der Waals surface area (Å²) in [5.74, 6) is 2.61. The summed E-state index contributed by atoms with van der Waals surface area (Å²) in [6.07, 6.45) is 2.32. The number of aromatic nitrogens is 3. The first-order chi connectivity index (χ1) is 13.1. The van der Waals surface area contributed by atoms with Crippen LogP contribution in [0.1, 0.15) is 37.0 Å². The minimum absolute atomic E-state index is 0. The number of rotatable bonds is 5. The molecule has 7 nitrogen and oxygen atoms in total. The van der Waals surface area contributed by atoms with Crippen LogP contribution in [0.15, 0.2) is 29.3 Å². The Morgan fingerprint density at radius 1 is 1.21 bits per heavy atom. The molecule has 0 radical (unpaired) electrons. The Bertz CT molecular complexity index is 769. The second kappa shape index (κ2) is 10.6. The van der Waals surface area contributed by atoms with Gasteiger partial charge in [0.05, 0.1) is 0 Å². The van der Waals surface area contributed by atoms with E-state index in [9.17, 15) is 0 Å². The van der Waals surface area contributed by atoms with Gasteiger partial charge in [0.25, 0.3) is 0 Å². The fourth-order valence-electron chi connectivity index (χ4n) is 3.34. The van der Waals surface area contributed by atoms with E-state index in [2.05, 4.69) is 63.8 Å². The smallest absolute Gasteiger partial charge is 0.191 e. The first-order valence-corrected chi connectivity index (χ1v) is 9.78. The van der Waals surface area contributed by atoms with Gasteiger partial charge < -0.3 is 20.1 Å². The molecular formula is C20H32IN7. The van der Waals surface area contributed by atoms with Gasteiger partial charge in [-0.05, 0) is 45.7 Å². The van der Waals surface area contributed by atoms with Crippen LogP contribution in [0.5, 0.6) is 0 Å². The van der Waals surface area contributed by atoms with E-state index < -0.39 is 0 Å². The molecule has 2 heterocycles. The summed E-state index contributed by atoms with van der Waals surface area (Å²) in [6, 6.07) is 9.17. The highest BCUT2D eigenvalue weighted by Crippen LogP contribution is 2.20. The Kier molecular flexibility index (Phi) is 8.53. The number of hydrogen-bond acceptors (Lipinski definition) is 4. The Labute approximate surface area is 185 Å². The van der Waals surface area contributed by atoms with Crippen molar-refractivity contribution in [2.75, 3.05) is 24.5 Å². The van der Waals surface area contributed by atoms with Crippen molar-refractivity contribution in [3.8, 4) is 0 Å². The molecule has 1 aromatic carbocycles. The largest absolute Gasteiger partial charge is 0.369 e. The van der Waals surface area contributed by atoms with Gasteiger partial charge in [-0.2, -0.15) is 0 Å². The van der Waals surface area contributed by atoms with E-state index in [1.165, 1.54) is 17.7 Å². The zero-order valence-corrected chi connectivity index (χ0v) is 19.6. The van der Waals surface area contributed by atoms with Gasteiger partial charge in [0.2, 0.25) is 0 Å². The quantitative estimate of drug-likeness (QED) is 0.378. The number of anilines is 1. The van der Waals surface area contributed by atoms with E-state index in [4.69, 9.17) is 4.99 Å². The molecule has 0 saturated carbocycles. The molecule has 2 aromatic rings. The second-order valence-electron chi connectivity index (χ2n) is 7.18. The lowest BCUT2D eigenvalue weighted by atomic mass is 10.0. The molecule has 1 aliphatic heterocycles. The van der Waals surface area contributed by atoms with Gasteiger partial charge in [-0.25, -0.2) is 4.99 Å². The molecule has 0 bridgehead atoms. The first kappa shape index (κ1) is 22.4. The third-order valence-corrected chi connectivity index (χ3v) is 5.07. The third-order valence-electron chi connectivity index (χ3n) is 5.07. The summed E-state index contributed by atoms with van der Waals surface area (Å²) in [5.41, 5.74) is 2.59. The van der Waals surface area contributed by atoms with Crippen LogP contribution in [-0.2, 0) is 13.6 Å². The van der Waals surface area contributed by atoms with E-state index in [-0.39, 0.29) is 24.0 Å². The van der Waals surface area contributed by atoms with Crippen molar-refractivity contribution in [3.63, 3.8) is 0 Å². The normalized spacial score (nSPS) is 17.2. The van der Waals surface area contributed by atoms with Crippen molar-refractivity contribution < 1.29 is 0 Å². The molecule has 1 unspecified atom stereocenters. The first-order valence-electron chi connectivity index (χ1n) is 9.78. The summed E-state index contributed by atoms with van der Waals surface area (Å²) >= 11 is 0. The molecule has 0 amide bonds. The zero-order chi connectivity index (χ0) is 19.2. The van der Waals surface area contributed by atoms with E-state index in [1.54, 1.807) is 0 Å². The molecule has 1 fully saturated rings. The molecule has 8 heteroatoms. The van der Waals surface area contributed by atoms with Crippen LogP contribution in [0.25, 0.3) is 0 Å². The van der Waals surface area contributed by atoms with Crippen LogP contribution in [0.3, 0.4) is 0 Å². The maximum absolute atomic E-state index is 4.71. The van der Waals surface area contributed by atoms with Gasteiger partial charge in [0.1, 0.15) is 12.4 Å². The van der Waals surface area contributed by atoms with E-state index in [1.807, 2.05) is 18.5 Å². The fraction of sp³-hybridized carbons (Fsp3) is 0.550. The fourth-order valence-corrected chi connectivity index (χ4v) is 3.34. The van der Waals surface area contributed by atoms with Crippen LogP contribution in [0.2, 0.25) is 0 Å². The Hall–Kier alpha value is -1.84. The minimum Gasteiger partial charge on any atom is -0.369 e. The van der Waals surface area contributed by atoms with Crippen molar-refractivity contribution in [2.24, 2.45) is 12.0 Å². The topological polar surface area (TPSA) is 70.4 Å². The average molecular weight is 497 g/mol. The summed E-state index contributed by atoms with van der Waals surface area (Å²) < 4.78 is 1.98. The molecule has 3 rings (SSSR count). The number of piperidine rings is 1. The molecule has 1 atom stereocenters. The predicted molar refractivity (Wildman–Crippen MR) is 126 cm³/mol. The van der Waals surface area contributed by atoms with Gasteiger partial charge in [0.15, 0.2) is 11.8 Å². The van der Waals surface area contributed by atoms with Crippen molar-refractivity contribution >= 4 is 35.6 Å². The zero-order valence-electron chi connectivity index (χ0n) is 17.3. The van der Waals surface area contributed by atoms with Gasteiger partial charge in [-0.1, -0.05) is 17.7 Å². The maximum Gasteiger partial charge on any atom is 0.191 e. The Balaban J connectivity index is 0.00000280. The summed E-state index contributed by atoms with van der Waals surface area (Å²) in [4.78, 5) is 7.17. The Morgan fingerprint density at radius 2 is 1.96 bits per heavy atom. The minimum atomic E-state index is 0. The standard InChI is InChI=1S/C20H31N7.HI/c1-5-21-20(22-13-19-25-24-16(3)26(19)4)23-17-7-6-12-27(14-17)18-10-8-15(2)9-11-18;/h8-11,17H,5-7,12-14H2,1-4H3,(H2,21,22,23);1H. The number of nitrogens with one attached hydrogen (secondary N) is 2. The number of benzene rings is 1. The maximum atomic E-state index is 4.71. The van der Waals surface area contributed by atoms with E-state index in [0.717, 1.165) is 43.7 Å². The molecular weight excluding hydrogens is 465 g/mol. The summed E-state index contributed by atoms with van der Waals surface area (Å²) in [6.45, 7) is 9.60.